The highest BCUT2D eigenvalue weighted by Crippen LogP contribution is 2.26. The number of aromatic nitrogens is 1. The first-order chi connectivity index (χ1) is 11.6. The maximum absolute atomic E-state index is 12.0. The zero-order chi connectivity index (χ0) is 16.9. The Bertz CT molecular complexity index is 697. The quantitative estimate of drug-likeness (QED) is 0.821. The average Bonchev–Trinajstić information content (AvgIpc) is 3.25. The number of hydrogen-bond acceptors (Lipinski definition) is 6. The van der Waals surface area contributed by atoms with Crippen LogP contribution in [0.2, 0.25) is 0 Å². The molecule has 2 aromatic rings. The summed E-state index contributed by atoms with van der Waals surface area (Å²) in [7, 11) is 0. The third-order valence-corrected chi connectivity index (χ3v) is 5.85. The maximum Gasteiger partial charge on any atom is 0.358 e. The summed E-state index contributed by atoms with van der Waals surface area (Å²) in [4.78, 5) is 28.3. The van der Waals surface area contributed by atoms with Gasteiger partial charge in [-0.3, -0.25) is 4.79 Å². The highest BCUT2D eigenvalue weighted by atomic mass is 32.1. The number of hydrogen-bond donors (Lipinski definition) is 1. The number of ether oxygens (including phenoxy) is 1. The van der Waals surface area contributed by atoms with Crippen LogP contribution in [0, 0.1) is 5.92 Å². The molecular weight excluding hydrogens is 344 g/mol. The molecule has 0 aromatic carbocycles. The van der Waals surface area contributed by atoms with Gasteiger partial charge in [-0.15, -0.1) is 11.3 Å². The molecule has 2 heterocycles. The fraction of sp³-hybridized carbons (Fsp3) is 0.471. The second kappa shape index (κ2) is 7.90. The van der Waals surface area contributed by atoms with Crippen molar-refractivity contribution in [1.82, 2.24) is 10.3 Å². The Hall–Kier alpha value is -1.73. The molecule has 2 aromatic heterocycles. The topological polar surface area (TPSA) is 68.3 Å². The predicted octanol–water partition coefficient (Wildman–Crippen LogP) is 3.72. The van der Waals surface area contributed by atoms with Crippen LogP contribution in [0.1, 0.15) is 43.1 Å². The Morgan fingerprint density at radius 1 is 1.33 bits per heavy atom. The van der Waals surface area contributed by atoms with E-state index >= 15 is 0 Å². The fourth-order valence-corrected chi connectivity index (χ4v) is 4.37. The molecule has 24 heavy (non-hydrogen) atoms. The summed E-state index contributed by atoms with van der Waals surface area (Å²) < 4.78 is 5.09. The van der Waals surface area contributed by atoms with Gasteiger partial charge in [-0.25, -0.2) is 9.78 Å². The number of amides is 1. The molecule has 128 valence electrons. The summed E-state index contributed by atoms with van der Waals surface area (Å²) >= 11 is 2.97. The van der Waals surface area contributed by atoms with Crippen molar-refractivity contribution in [3.8, 4) is 10.6 Å². The van der Waals surface area contributed by atoms with E-state index in [9.17, 15) is 9.59 Å². The largest absolute Gasteiger partial charge is 0.451 e. The lowest BCUT2D eigenvalue weighted by Crippen LogP contribution is -2.42. The third-order valence-electron chi connectivity index (χ3n) is 4.27. The molecule has 3 rings (SSSR count). The number of carbonyl (C=O) groups excluding carboxylic acids is 2. The van der Waals surface area contributed by atoms with Crippen LogP contribution in [0.3, 0.4) is 0 Å². The molecular formula is C17H20N2O3S2. The van der Waals surface area contributed by atoms with Gasteiger partial charge in [-0.2, -0.15) is 11.3 Å². The lowest BCUT2D eigenvalue weighted by atomic mass is 9.86. The molecule has 0 aliphatic heterocycles. The normalized spacial score (nSPS) is 20.5. The van der Waals surface area contributed by atoms with Crippen molar-refractivity contribution < 1.29 is 14.3 Å². The van der Waals surface area contributed by atoms with Gasteiger partial charge in [0.2, 0.25) is 0 Å². The van der Waals surface area contributed by atoms with E-state index in [1.165, 1.54) is 17.8 Å². The van der Waals surface area contributed by atoms with Crippen LogP contribution in [-0.4, -0.2) is 29.5 Å². The highest BCUT2D eigenvalue weighted by Gasteiger charge is 2.23. The standard InChI is InChI=1S/C17H20N2O3S2/c1-11-4-2-3-5-13(11)18-15(20)8-22-17(21)14-10-24-16(19-14)12-6-7-23-9-12/h6-7,9-11,13H,2-5,8H2,1H3,(H,18,20). The van der Waals surface area contributed by atoms with Gasteiger partial charge >= 0.3 is 5.97 Å². The molecule has 1 fully saturated rings. The fourth-order valence-electron chi connectivity index (χ4n) is 2.87. The van der Waals surface area contributed by atoms with Crippen molar-refractivity contribution in [1.29, 1.82) is 0 Å². The van der Waals surface area contributed by atoms with E-state index in [4.69, 9.17) is 4.74 Å². The molecule has 1 aliphatic rings. The van der Waals surface area contributed by atoms with Crippen LogP contribution < -0.4 is 5.32 Å². The van der Waals surface area contributed by atoms with Crippen LogP contribution in [-0.2, 0) is 9.53 Å². The molecule has 0 saturated heterocycles. The molecule has 1 aliphatic carbocycles. The van der Waals surface area contributed by atoms with Crippen molar-refractivity contribution in [3.05, 3.63) is 27.9 Å². The van der Waals surface area contributed by atoms with E-state index in [1.54, 1.807) is 16.7 Å². The molecule has 7 heteroatoms. The predicted molar refractivity (Wildman–Crippen MR) is 95.3 cm³/mol. The lowest BCUT2D eigenvalue weighted by Gasteiger charge is -2.29. The first kappa shape index (κ1) is 17.1. The van der Waals surface area contributed by atoms with Crippen LogP contribution in [0.5, 0.6) is 0 Å². The van der Waals surface area contributed by atoms with Crippen LogP contribution in [0.15, 0.2) is 22.2 Å². The van der Waals surface area contributed by atoms with Gasteiger partial charge in [0.05, 0.1) is 0 Å². The summed E-state index contributed by atoms with van der Waals surface area (Å²) in [5, 5.41) is 9.36. The van der Waals surface area contributed by atoms with Gasteiger partial charge in [0.15, 0.2) is 12.3 Å². The average molecular weight is 364 g/mol. The van der Waals surface area contributed by atoms with Crippen LogP contribution in [0.25, 0.3) is 10.6 Å². The van der Waals surface area contributed by atoms with Crippen molar-refractivity contribution in [3.63, 3.8) is 0 Å². The minimum Gasteiger partial charge on any atom is -0.451 e. The lowest BCUT2D eigenvalue weighted by molar-refractivity contribution is -0.125. The summed E-state index contributed by atoms with van der Waals surface area (Å²) in [5.41, 5.74) is 1.24. The Kier molecular flexibility index (Phi) is 5.63. The second-order valence-electron chi connectivity index (χ2n) is 6.06. The van der Waals surface area contributed by atoms with Crippen molar-refractivity contribution in [2.75, 3.05) is 6.61 Å². The van der Waals surface area contributed by atoms with E-state index in [1.807, 2.05) is 16.8 Å². The molecule has 2 unspecified atom stereocenters. The number of rotatable bonds is 5. The number of nitrogens with one attached hydrogen (secondary N) is 1. The molecule has 0 bridgehead atoms. The Balaban J connectivity index is 1.49. The van der Waals surface area contributed by atoms with E-state index in [0.29, 0.717) is 5.92 Å². The first-order valence-corrected chi connectivity index (χ1v) is 9.90. The molecule has 1 saturated carbocycles. The molecule has 1 amide bonds. The van der Waals surface area contributed by atoms with Gasteiger partial charge in [0.25, 0.3) is 5.91 Å². The smallest absolute Gasteiger partial charge is 0.358 e. The van der Waals surface area contributed by atoms with Crippen LogP contribution >= 0.6 is 22.7 Å². The van der Waals surface area contributed by atoms with Gasteiger partial charge in [-0.05, 0) is 30.2 Å². The molecule has 1 N–H and O–H groups in total. The SMILES string of the molecule is CC1CCCCC1NC(=O)COC(=O)c1csc(-c2ccsc2)n1. The summed E-state index contributed by atoms with van der Waals surface area (Å²) in [6.07, 6.45) is 4.49. The highest BCUT2D eigenvalue weighted by molar-refractivity contribution is 7.14. The summed E-state index contributed by atoms with van der Waals surface area (Å²) in [6.45, 7) is 1.89. The van der Waals surface area contributed by atoms with Crippen molar-refractivity contribution in [2.24, 2.45) is 5.92 Å². The van der Waals surface area contributed by atoms with Gasteiger partial charge in [0.1, 0.15) is 5.01 Å². The Labute approximate surface area is 149 Å². The van der Waals surface area contributed by atoms with E-state index in [-0.39, 0.29) is 24.2 Å². The molecule has 2 atom stereocenters. The minimum atomic E-state index is -0.556. The monoisotopic (exact) mass is 364 g/mol. The molecule has 0 spiro atoms. The summed E-state index contributed by atoms with van der Waals surface area (Å²) in [6, 6.07) is 2.15. The van der Waals surface area contributed by atoms with E-state index in [0.717, 1.165) is 29.8 Å². The van der Waals surface area contributed by atoms with E-state index in [2.05, 4.69) is 17.2 Å². The number of thiophene rings is 1. The Morgan fingerprint density at radius 2 is 2.17 bits per heavy atom. The molecule has 0 radical (unpaired) electrons. The zero-order valence-corrected chi connectivity index (χ0v) is 15.1. The van der Waals surface area contributed by atoms with Crippen LogP contribution in [0.4, 0.5) is 0 Å². The van der Waals surface area contributed by atoms with Gasteiger partial charge in [0, 0.05) is 22.4 Å². The van der Waals surface area contributed by atoms with Crippen molar-refractivity contribution in [2.45, 2.75) is 38.6 Å². The zero-order valence-electron chi connectivity index (χ0n) is 13.5. The number of carbonyl (C=O) groups is 2. The number of esters is 1. The van der Waals surface area contributed by atoms with Gasteiger partial charge in [-0.1, -0.05) is 19.8 Å². The maximum atomic E-state index is 12.0. The van der Waals surface area contributed by atoms with Crippen molar-refractivity contribution >= 4 is 34.6 Å². The second-order valence-corrected chi connectivity index (χ2v) is 7.70. The minimum absolute atomic E-state index is 0.189. The third kappa shape index (κ3) is 4.21. The molecule has 5 nitrogen and oxygen atoms in total. The van der Waals surface area contributed by atoms with Gasteiger partial charge < -0.3 is 10.1 Å². The summed E-state index contributed by atoms with van der Waals surface area (Å²) in [5.74, 6) is -0.319. The number of thiazole rings is 1. The Morgan fingerprint density at radius 3 is 2.92 bits per heavy atom. The first-order valence-electron chi connectivity index (χ1n) is 8.08. The van der Waals surface area contributed by atoms with E-state index < -0.39 is 5.97 Å². The number of nitrogens with zero attached hydrogens (tertiary/aromatic N) is 1.